The fourth-order valence-electron chi connectivity index (χ4n) is 4.26. The Hall–Kier alpha value is -1.55. The van der Waals surface area contributed by atoms with Gasteiger partial charge in [-0.25, -0.2) is 0 Å². The Morgan fingerprint density at radius 2 is 2.00 bits per heavy atom. The lowest BCUT2D eigenvalue weighted by Crippen LogP contribution is -2.55. The van der Waals surface area contributed by atoms with Crippen molar-refractivity contribution >= 4 is 24.1 Å². The van der Waals surface area contributed by atoms with Crippen molar-refractivity contribution in [2.45, 2.75) is 57.4 Å². The first-order valence-corrected chi connectivity index (χ1v) is 9.06. The monoisotopic (exact) mass is 363 g/mol. The van der Waals surface area contributed by atoms with Gasteiger partial charge in [-0.15, -0.1) is 12.4 Å². The number of rotatable bonds is 3. The zero-order chi connectivity index (χ0) is 17.3. The number of benzene rings is 1. The van der Waals surface area contributed by atoms with E-state index < -0.39 is 0 Å². The zero-order valence-corrected chi connectivity index (χ0v) is 16.4. The summed E-state index contributed by atoms with van der Waals surface area (Å²) in [5, 5.41) is 8.68. The van der Waals surface area contributed by atoms with E-state index >= 15 is 0 Å². The first-order chi connectivity index (χ1) is 11.4. The summed E-state index contributed by atoms with van der Waals surface area (Å²) < 4.78 is 0. The Balaban J connectivity index is 0.00000225. The fourth-order valence-corrected chi connectivity index (χ4v) is 4.26. The molecule has 1 aliphatic heterocycles. The van der Waals surface area contributed by atoms with Crippen LogP contribution in [0.25, 0.3) is 0 Å². The van der Waals surface area contributed by atoms with E-state index in [1.54, 1.807) is 4.90 Å². The van der Waals surface area contributed by atoms with Crippen molar-refractivity contribution in [1.82, 2.24) is 9.80 Å². The van der Waals surface area contributed by atoms with Crippen LogP contribution in [0.3, 0.4) is 0 Å². The summed E-state index contributed by atoms with van der Waals surface area (Å²) in [5.41, 5.74) is 2.74. The van der Waals surface area contributed by atoms with Gasteiger partial charge in [0.15, 0.2) is 0 Å². The van der Waals surface area contributed by atoms with Crippen LogP contribution >= 0.6 is 12.4 Å². The van der Waals surface area contributed by atoms with Crippen molar-refractivity contribution in [3.63, 3.8) is 0 Å². The maximum atomic E-state index is 12.1. The quantitative estimate of drug-likeness (QED) is 0.656. The third-order valence-corrected chi connectivity index (χ3v) is 5.94. The van der Waals surface area contributed by atoms with Crippen molar-refractivity contribution in [3.05, 3.63) is 35.4 Å². The molecule has 1 aromatic carbocycles. The van der Waals surface area contributed by atoms with Gasteiger partial charge in [-0.05, 0) is 32.3 Å². The number of nitrogens with one attached hydrogen (secondary N) is 1. The van der Waals surface area contributed by atoms with Gasteiger partial charge in [0.2, 0.25) is 5.91 Å². The predicted molar refractivity (Wildman–Crippen MR) is 105 cm³/mol. The molecule has 0 spiro atoms. The molecule has 4 nitrogen and oxygen atoms in total. The number of carbonyl (C=O) groups is 1. The summed E-state index contributed by atoms with van der Waals surface area (Å²) in [6.45, 7) is 5.32. The van der Waals surface area contributed by atoms with E-state index in [9.17, 15) is 4.79 Å². The van der Waals surface area contributed by atoms with Crippen LogP contribution < -0.4 is 0 Å². The van der Waals surface area contributed by atoms with Gasteiger partial charge in [-0.2, -0.15) is 0 Å². The minimum atomic E-state index is 0. The van der Waals surface area contributed by atoms with Crippen LogP contribution in [0.2, 0.25) is 0 Å². The van der Waals surface area contributed by atoms with Crippen LogP contribution in [0.5, 0.6) is 0 Å². The van der Waals surface area contributed by atoms with E-state index in [1.807, 2.05) is 11.9 Å². The van der Waals surface area contributed by atoms with Crippen molar-refractivity contribution in [2.75, 3.05) is 20.1 Å². The van der Waals surface area contributed by atoms with E-state index in [0.717, 1.165) is 25.8 Å². The molecule has 1 heterocycles. The summed E-state index contributed by atoms with van der Waals surface area (Å²) >= 11 is 0. The first-order valence-electron chi connectivity index (χ1n) is 9.06. The molecule has 1 amide bonds. The molecular weight excluding hydrogens is 334 g/mol. The molecule has 5 heteroatoms. The third kappa shape index (κ3) is 4.00. The van der Waals surface area contributed by atoms with Gasteiger partial charge < -0.3 is 9.80 Å². The number of hydrogen-bond acceptors (Lipinski definition) is 2. The number of amides is 1. The number of aryl methyl sites for hydroxylation is 1. The molecule has 0 radical (unpaired) electrons. The zero-order valence-electron chi connectivity index (χ0n) is 15.5. The maximum absolute atomic E-state index is 12.1. The van der Waals surface area contributed by atoms with Crippen LogP contribution in [0.15, 0.2) is 24.3 Å². The standard InChI is InChI=1S/C20H29N3O.ClH/c1-15-7-6-8-17(11-15)20(9-4-5-10-20)12-18(21)23-13-16(2)22(3)19(24)14-23;/h6-8,11,16,21H,4-5,9-10,12-14H2,1-3H3;1H/t16-;/m0./s1. The van der Waals surface area contributed by atoms with Crippen molar-refractivity contribution in [1.29, 1.82) is 5.41 Å². The van der Waals surface area contributed by atoms with Crippen molar-refractivity contribution in [3.8, 4) is 0 Å². The minimum absolute atomic E-state index is 0. The molecule has 138 valence electrons. The van der Waals surface area contributed by atoms with Gasteiger partial charge in [0.25, 0.3) is 0 Å². The lowest BCUT2D eigenvalue weighted by atomic mass is 9.75. The number of carbonyl (C=O) groups excluding carboxylic acids is 1. The van der Waals surface area contributed by atoms with Gasteiger partial charge in [0.1, 0.15) is 0 Å². The lowest BCUT2D eigenvalue weighted by molar-refractivity contribution is -0.135. The van der Waals surface area contributed by atoms with Crippen LogP contribution in [0.4, 0.5) is 0 Å². The summed E-state index contributed by atoms with van der Waals surface area (Å²) in [6.07, 6.45) is 5.52. The Kier molecular flexibility index (Phi) is 6.15. The van der Waals surface area contributed by atoms with E-state index in [0.29, 0.717) is 12.4 Å². The molecule has 25 heavy (non-hydrogen) atoms. The Morgan fingerprint density at radius 1 is 1.32 bits per heavy atom. The number of halogens is 1. The molecule has 1 aliphatic carbocycles. The highest BCUT2D eigenvalue weighted by Crippen LogP contribution is 2.44. The molecule has 0 unspecified atom stereocenters. The molecule has 1 saturated heterocycles. The van der Waals surface area contributed by atoms with Gasteiger partial charge in [-0.3, -0.25) is 10.2 Å². The summed E-state index contributed by atoms with van der Waals surface area (Å²) in [7, 11) is 1.86. The van der Waals surface area contributed by atoms with Gasteiger partial charge >= 0.3 is 0 Å². The van der Waals surface area contributed by atoms with E-state index in [1.165, 1.54) is 24.0 Å². The minimum Gasteiger partial charge on any atom is -0.349 e. The van der Waals surface area contributed by atoms with Crippen LogP contribution in [-0.2, 0) is 10.2 Å². The molecular formula is C20H30ClN3O. The summed E-state index contributed by atoms with van der Waals surface area (Å²) in [6, 6.07) is 8.96. The number of nitrogens with zero attached hydrogens (tertiary/aromatic N) is 2. The molecule has 1 atom stereocenters. The first kappa shape index (κ1) is 19.8. The topological polar surface area (TPSA) is 47.4 Å². The van der Waals surface area contributed by atoms with Crippen LogP contribution in [-0.4, -0.2) is 47.7 Å². The second-order valence-corrected chi connectivity index (χ2v) is 7.71. The molecule has 1 N–H and O–H groups in total. The number of likely N-dealkylation sites (N-methyl/N-ethyl adjacent to an activating group) is 1. The Bertz CT molecular complexity index is 640. The van der Waals surface area contributed by atoms with E-state index in [2.05, 4.69) is 38.1 Å². The van der Waals surface area contributed by atoms with Gasteiger partial charge in [0, 0.05) is 31.5 Å². The average molecular weight is 364 g/mol. The highest BCUT2D eigenvalue weighted by atomic mass is 35.5. The molecule has 1 saturated carbocycles. The Morgan fingerprint density at radius 3 is 2.60 bits per heavy atom. The van der Waals surface area contributed by atoms with E-state index in [-0.39, 0.29) is 29.8 Å². The summed E-state index contributed by atoms with van der Waals surface area (Å²) in [5.74, 6) is 0.751. The number of amidine groups is 1. The van der Waals surface area contributed by atoms with Gasteiger partial charge in [-0.1, -0.05) is 42.7 Å². The molecule has 1 aromatic rings. The second-order valence-electron chi connectivity index (χ2n) is 7.71. The van der Waals surface area contributed by atoms with Crippen LogP contribution in [0, 0.1) is 12.3 Å². The summed E-state index contributed by atoms with van der Waals surface area (Å²) in [4.78, 5) is 15.9. The highest BCUT2D eigenvalue weighted by Gasteiger charge is 2.39. The number of hydrogen-bond donors (Lipinski definition) is 1. The van der Waals surface area contributed by atoms with E-state index in [4.69, 9.17) is 5.41 Å². The Labute approximate surface area is 157 Å². The highest BCUT2D eigenvalue weighted by molar-refractivity contribution is 5.88. The smallest absolute Gasteiger partial charge is 0.242 e. The predicted octanol–water partition coefficient (Wildman–Crippen LogP) is 3.76. The molecule has 2 fully saturated rings. The molecule has 2 aliphatic rings. The lowest BCUT2D eigenvalue weighted by Gasteiger charge is -2.40. The van der Waals surface area contributed by atoms with Crippen LogP contribution in [0.1, 0.15) is 50.2 Å². The normalized spacial score (nSPS) is 22.7. The van der Waals surface area contributed by atoms with Gasteiger partial charge in [0.05, 0.1) is 12.4 Å². The largest absolute Gasteiger partial charge is 0.349 e. The van der Waals surface area contributed by atoms with Crippen molar-refractivity contribution in [2.24, 2.45) is 0 Å². The molecule has 0 aromatic heterocycles. The molecule has 3 rings (SSSR count). The SMILES string of the molecule is Cc1cccc(C2(CC(=N)N3CC(=O)N(C)[C@@H](C)C3)CCCC2)c1.Cl. The third-order valence-electron chi connectivity index (χ3n) is 5.94. The fraction of sp³-hybridized carbons (Fsp3) is 0.600. The maximum Gasteiger partial charge on any atom is 0.242 e. The number of piperazine rings is 1. The second kappa shape index (κ2) is 7.77. The average Bonchev–Trinajstić information content (AvgIpc) is 3.02. The van der Waals surface area contributed by atoms with Crippen molar-refractivity contribution < 1.29 is 4.79 Å². The molecule has 0 bridgehead atoms.